The Bertz CT molecular complexity index is 3200. The molecule has 1 aliphatic carbocycles. The van der Waals surface area contributed by atoms with Gasteiger partial charge in [0, 0.05) is 44.6 Å². The number of rotatable bonds is 7. The van der Waals surface area contributed by atoms with E-state index in [0.29, 0.717) is 0 Å². The van der Waals surface area contributed by atoms with Crippen LogP contribution in [0.4, 0.5) is 11.4 Å². The quantitative estimate of drug-likeness (QED) is 0.162. The molecule has 11 rings (SSSR count). The third kappa shape index (κ3) is 5.90. The molecule has 1 unspecified atom stereocenters. The number of furan rings is 1. The molecule has 0 saturated heterocycles. The molecule has 0 radical (unpaired) electrons. The van der Waals surface area contributed by atoms with E-state index in [1.54, 1.807) is 0 Å². The molecule has 0 fully saturated rings. The minimum Gasteiger partial charge on any atom is -0.455 e. The van der Waals surface area contributed by atoms with E-state index in [1.807, 2.05) is 0 Å². The molecule has 1 atom stereocenters. The number of para-hydroxylation sites is 2. The van der Waals surface area contributed by atoms with Crippen molar-refractivity contribution in [1.29, 1.82) is 0 Å². The summed E-state index contributed by atoms with van der Waals surface area (Å²) >= 11 is 0. The van der Waals surface area contributed by atoms with Crippen LogP contribution in [0.25, 0.3) is 76.9 Å². The molecule has 0 aliphatic heterocycles. The third-order valence-electron chi connectivity index (χ3n) is 11.8. The summed E-state index contributed by atoms with van der Waals surface area (Å²) in [7, 11) is 0. The Balaban J connectivity index is 1.00. The normalized spacial score (nSPS) is 14.0. The minimum absolute atomic E-state index is 0.275. The zero-order chi connectivity index (χ0) is 38.4. The maximum atomic E-state index is 6.89. The molecule has 2 nitrogen and oxygen atoms in total. The van der Waals surface area contributed by atoms with Crippen molar-refractivity contribution in [3.8, 4) is 33.4 Å². The van der Waals surface area contributed by atoms with Crippen molar-refractivity contribution in [3.05, 3.63) is 230 Å². The van der Waals surface area contributed by atoms with Crippen LogP contribution in [0.1, 0.15) is 17.9 Å². The first-order chi connectivity index (χ1) is 28.8. The second kappa shape index (κ2) is 14.3. The number of fused-ring (bicyclic) bond motifs is 6. The number of anilines is 2. The molecule has 10 aromatic rings. The predicted molar refractivity (Wildman–Crippen MR) is 245 cm³/mol. The molecule has 274 valence electrons. The molecule has 0 N–H and O–H groups in total. The summed E-state index contributed by atoms with van der Waals surface area (Å²) in [4.78, 5) is 2.43. The van der Waals surface area contributed by atoms with Crippen LogP contribution in [0.15, 0.2) is 229 Å². The number of benzene rings is 9. The summed E-state index contributed by atoms with van der Waals surface area (Å²) in [6, 6.07) is 72.1. The van der Waals surface area contributed by atoms with Crippen molar-refractivity contribution >= 4 is 54.9 Å². The highest BCUT2D eigenvalue weighted by Crippen LogP contribution is 2.45. The van der Waals surface area contributed by atoms with Gasteiger partial charge in [0.1, 0.15) is 11.2 Å². The van der Waals surface area contributed by atoms with Crippen LogP contribution in [0.2, 0.25) is 0 Å². The molecule has 0 saturated carbocycles. The molecule has 0 spiro atoms. The van der Waals surface area contributed by atoms with Crippen molar-refractivity contribution in [1.82, 2.24) is 0 Å². The van der Waals surface area contributed by atoms with Crippen LogP contribution in [-0.4, -0.2) is 0 Å². The van der Waals surface area contributed by atoms with Gasteiger partial charge >= 0.3 is 0 Å². The van der Waals surface area contributed by atoms with Gasteiger partial charge in [-0.3, -0.25) is 0 Å². The standard InChI is InChI=1S/C56H39NO/c1-2-13-38(14-3-1)44-18-10-19-46(37-44)57(45-34-31-40(32-35-45)39-27-29-43(30-28-39)48-23-11-17-41-15-4-6-20-47(41)48)54-26-9-8-22-50(54)51-24-12-25-52-53-36-33-42-16-5-7-21-49(42)55(53)58-56(51)52/h1-31,33-37,40H,32H2. The molecule has 58 heavy (non-hydrogen) atoms. The Hall–Kier alpha value is -7.42. The fourth-order valence-corrected chi connectivity index (χ4v) is 8.93. The Morgan fingerprint density at radius 2 is 1.07 bits per heavy atom. The number of hydrogen-bond donors (Lipinski definition) is 0. The average molecular weight is 742 g/mol. The van der Waals surface area contributed by atoms with E-state index in [1.165, 1.54) is 44.0 Å². The molecule has 1 aliphatic rings. The van der Waals surface area contributed by atoms with Gasteiger partial charge in [0.25, 0.3) is 0 Å². The third-order valence-corrected chi connectivity index (χ3v) is 11.8. The van der Waals surface area contributed by atoms with E-state index in [-0.39, 0.29) is 5.92 Å². The van der Waals surface area contributed by atoms with E-state index in [4.69, 9.17) is 4.42 Å². The smallest absolute Gasteiger partial charge is 0.143 e. The monoisotopic (exact) mass is 741 g/mol. The molecule has 1 aromatic heterocycles. The maximum absolute atomic E-state index is 6.89. The lowest BCUT2D eigenvalue weighted by Gasteiger charge is -2.31. The van der Waals surface area contributed by atoms with Crippen LogP contribution < -0.4 is 4.90 Å². The summed E-state index contributed by atoms with van der Waals surface area (Å²) in [5.41, 5.74) is 13.6. The topological polar surface area (TPSA) is 16.4 Å². The summed E-state index contributed by atoms with van der Waals surface area (Å²) in [6.07, 6.45) is 7.99. The molecule has 9 aromatic carbocycles. The first kappa shape index (κ1) is 33.9. The molecule has 1 heterocycles. The lowest BCUT2D eigenvalue weighted by molar-refractivity contribution is 0.674. The van der Waals surface area contributed by atoms with Gasteiger partial charge in [0.15, 0.2) is 0 Å². The molecular weight excluding hydrogens is 703 g/mol. The van der Waals surface area contributed by atoms with Crippen molar-refractivity contribution in [3.63, 3.8) is 0 Å². The van der Waals surface area contributed by atoms with Crippen molar-refractivity contribution in [2.45, 2.75) is 12.3 Å². The second-order valence-corrected chi connectivity index (χ2v) is 15.2. The number of nitrogens with zero attached hydrogens (tertiary/aromatic N) is 1. The van der Waals surface area contributed by atoms with Crippen LogP contribution in [-0.2, 0) is 0 Å². The van der Waals surface area contributed by atoms with Crippen molar-refractivity contribution in [2.75, 3.05) is 4.90 Å². The highest BCUT2D eigenvalue weighted by Gasteiger charge is 2.23. The Labute approximate surface area is 338 Å². The summed E-state index contributed by atoms with van der Waals surface area (Å²) in [5, 5.41) is 7.11. The summed E-state index contributed by atoms with van der Waals surface area (Å²) in [5.74, 6) is 0.275. The van der Waals surface area contributed by atoms with Gasteiger partial charge in [-0.2, -0.15) is 0 Å². The van der Waals surface area contributed by atoms with Gasteiger partial charge in [-0.05, 0) is 80.7 Å². The van der Waals surface area contributed by atoms with Gasteiger partial charge in [-0.25, -0.2) is 0 Å². The van der Waals surface area contributed by atoms with E-state index in [0.717, 1.165) is 61.9 Å². The van der Waals surface area contributed by atoms with Crippen LogP contribution in [0.5, 0.6) is 0 Å². The fraction of sp³-hybridized carbons (Fsp3) is 0.0357. The molecule has 2 heteroatoms. The Morgan fingerprint density at radius 3 is 1.91 bits per heavy atom. The summed E-state index contributed by atoms with van der Waals surface area (Å²) in [6.45, 7) is 0. The van der Waals surface area contributed by atoms with Crippen LogP contribution >= 0.6 is 0 Å². The predicted octanol–water partition coefficient (Wildman–Crippen LogP) is 15.7. The van der Waals surface area contributed by atoms with E-state index in [2.05, 4.69) is 223 Å². The van der Waals surface area contributed by atoms with Gasteiger partial charge in [0.05, 0.1) is 5.69 Å². The van der Waals surface area contributed by atoms with Gasteiger partial charge < -0.3 is 9.32 Å². The highest BCUT2D eigenvalue weighted by atomic mass is 16.3. The van der Waals surface area contributed by atoms with Gasteiger partial charge in [0.2, 0.25) is 0 Å². The number of allylic oxidation sites excluding steroid dienone is 3. The fourth-order valence-electron chi connectivity index (χ4n) is 8.93. The zero-order valence-electron chi connectivity index (χ0n) is 31.9. The van der Waals surface area contributed by atoms with E-state index < -0.39 is 0 Å². The molecule has 0 bridgehead atoms. The lowest BCUT2D eigenvalue weighted by Crippen LogP contribution is -2.18. The zero-order valence-corrected chi connectivity index (χ0v) is 31.9. The second-order valence-electron chi connectivity index (χ2n) is 15.2. The Kier molecular flexibility index (Phi) is 8.33. The largest absolute Gasteiger partial charge is 0.455 e. The molecule has 0 amide bonds. The lowest BCUT2D eigenvalue weighted by atomic mass is 9.89. The van der Waals surface area contributed by atoms with Crippen LogP contribution in [0, 0.1) is 0 Å². The maximum Gasteiger partial charge on any atom is 0.143 e. The summed E-state index contributed by atoms with van der Waals surface area (Å²) < 4.78 is 6.89. The average Bonchev–Trinajstić information content (AvgIpc) is 3.70. The SMILES string of the molecule is C1=CC(c2ccc(-c3cccc4ccccc34)cc2)CC=C1N(c1cccc(-c2ccccc2)c1)c1ccccc1-c1cccc2c1oc1c3ccccc3ccc21. The Morgan fingerprint density at radius 1 is 0.431 bits per heavy atom. The molecular formula is C56H39NO. The van der Waals surface area contributed by atoms with Crippen molar-refractivity contribution in [2.24, 2.45) is 0 Å². The van der Waals surface area contributed by atoms with Gasteiger partial charge in [-0.1, -0.05) is 188 Å². The van der Waals surface area contributed by atoms with Crippen molar-refractivity contribution < 1.29 is 4.42 Å². The minimum atomic E-state index is 0.275. The van der Waals surface area contributed by atoms with E-state index in [9.17, 15) is 0 Å². The first-order valence-electron chi connectivity index (χ1n) is 20.1. The van der Waals surface area contributed by atoms with Gasteiger partial charge in [-0.15, -0.1) is 0 Å². The number of hydrogen-bond acceptors (Lipinski definition) is 2. The first-order valence-corrected chi connectivity index (χ1v) is 20.1. The highest BCUT2D eigenvalue weighted by molar-refractivity contribution is 6.17. The van der Waals surface area contributed by atoms with E-state index >= 15 is 0 Å². The van der Waals surface area contributed by atoms with Crippen LogP contribution in [0.3, 0.4) is 0 Å².